The highest BCUT2D eigenvalue weighted by Gasteiger charge is 2.56. The molecule has 0 radical (unpaired) electrons. The van der Waals surface area contributed by atoms with Gasteiger partial charge in [0, 0.05) is 26.2 Å². The summed E-state index contributed by atoms with van der Waals surface area (Å²) in [5.41, 5.74) is 0. The molecule has 0 aromatic carbocycles. The van der Waals surface area contributed by atoms with Crippen LogP contribution in [0.15, 0.2) is 0 Å². The van der Waals surface area contributed by atoms with Crippen molar-refractivity contribution in [3.63, 3.8) is 0 Å². The minimum absolute atomic E-state index is 0.215. The van der Waals surface area contributed by atoms with Crippen molar-refractivity contribution in [1.82, 2.24) is 9.21 Å². The van der Waals surface area contributed by atoms with Crippen LogP contribution < -0.4 is 0 Å². The Morgan fingerprint density at radius 3 is 2.09 bits per heavy atom. The molecule has 124 valence electrons. The number of aliphatic carboxylic acids is 1. The molecule has 0 aliphatic carbocycles. The normalized spacial score (nSPS) is 35.8. The Hall–Kier alpha value is -1.19. The summed E-state index contributed by atoms with van der Waals surface area (Å²) in [4.78, 5) is 25.7. The molecule has 8 nitrogen and oxygen atoms in total. The van der Waals surface area contributed by atoms with Crippen LogP contribution in [-0.2, 0) is 24.3 Å². The van der Waals surface area contributed by atoms with Crippen molar-refractivity contribution in [2.45, 2.75) is 25.0 Å². The number of piperazine rings is 1. The fraction of sp³-hybridized carbons (Fsp3) is 0.846. The van der Waals surface area contributed by atoms with Gasteiger partial charge in [-0.1, -0.05) is 0 Å². The summed E-state index contributed by atoms with van der Waals surface area (Å²) in [6.45, 7) is 1.10. The lowest BCUT2D eigenvalue weighted by molar-refractivity contribution is -0.151. The molecule has 3 fully saturated rings. The Balaban J connectivity index is 1.69. The number of carbonyl (C=O) groups excluding carboxylic acids is 1. The highest BCUT2D eigenvalue weighted by molar-refractivity contribution is 7.88. The van der Waals surface area contributed by atoms with Crippen LogP contribution in [0.4, 0.5) is 0 Å². The molecule has 3 heterocycles. The highest BCUT2D eigenvalue weighted by Crippen LogP contribution is 2.44. The maximum Gasteiger partial charge on any atom is 0.310 e. The average molecular weight is 332 g/mol. The van der Waals surface area contributed by atoms with Gasteiger partial charge in [0.15, 0.2) is 0 Å². The molecule has 1 amide bonds. The fourth-order valence-corrected chi connectivity index (χ4v) is 4.58. The number of rotatable bonds is 3. The number of nitrogens with zero attached hydrogens (tertiary/aromatic N) is 2. The number of hydrogen-bond acceptors (Lipinski definition) is 5. The molecule has 3 saturated heterocycles. The zero-order valence-corrected chi connectivity index (χ0v) is 13.2. The van der Waals surface area contributed by atoms with Crippen LogP contribution in [0.3, 0.4) is 0 Å². The highest BCUT2D eigenvalue weighted by atomic mass is 32.2. The summed E-state index contributed by atoms with van der Waals surface area (Å²) in [6, 6.07) is 0. The maximum absolute atomic E-state index is 12.7. The number of hydrogen-bond donors (Lipinski definition) is 1. The maximum atomic E-state index is 12.7. The van der Waals surface area contributed by atoms with Crippen molar-refractivity contribution < 1.29 is 27.9 Å². The summed E-state index contributed by atoms with van der Waals surface area (Å²) >= 11 is 0. The number of amides is 1. The lowest BCUT2D eigenvalue weighted by Gasteiger charge is -2.36. The van der Waals surface area contributed by atoms with Crippen molar-refractivity contribution in [3.8, 4) is 0 Å². The van der Waals surface area contributed by atoms with Crippen LogP contribution in [0.2, 0.25) is 0 Å². The molecule has 2 bridgehead atoms. The van der Waals surface area contributed by atoms with Gasteiger partial charge in [-0.15, -0.1) is 0 Å². The summed E-state index contributed by atoms with van der Waals surface area (Å²) in [5.74, 6) is -2.62. The number of carboxylic acid groups (broad SMARTS) is 1. The zero-order valence-electron chi connectivity index (χ0n) is 12.3. The van der Waals surface area contributed by atoms with E-state index < -0.39 is 27.8 Å². The number of fused-ring (bicyclic) bond motifs is 2. The first kappa shape index (κ1) is 15.7. The molecule has 0 aromatic rings. The number of carboxylic acids is 1. The lowest BCUT2D eigenvalue weighted by Crippen LogP contribution is -2.54. The molecule has 9 heteroatoms. The second kappa shape index (κ2) is 5.47. The van der Waals surface area contributed by atoms with Crippen LogP contribution in [0.5, 0.6) is 0 Å². The van der Waals surface area contributed by atoms with Crippen molar-refractivity contribution in [3.05, 3.63) is 0 Å². The molecule has 3 rings (SSSR count). The van der Waals surface area contributed by atoms with Gasteiger partial charge in [0.2, 0.25) is 15.9 Å². The average Bonchev–Trinajstić information content (AvgIpc) is 3.06. The van der Waals surface area contributed by atoms with Gasteiger partial charge < -0.3 is 14.7 Å². The first-order valence-electron chi connectivity index (χ1n) is 7.41. The predicted molar refractivity (Wildman–Crippen MR) is 75.5 cm³/mol. The minimum Gasteiger partial charge on any atom is -0.481 e. The molecule has 4 atom stereocenters. The summed E-state index contributed by atoms with van der Waals surface area (Å²) in [6.07, 6.45) is 1.87. The van der Waals surface area contributed by atoms with Gasteiger partial charge in [-0.05, 0) is 12.8 Å². The van der Waals surface area contributed by atoms with Crippen LogP contribution in [0, 0.1) is 11.8 Å². The smallest absolute Gasteiger partial charge is 0.310 e. The zero-order chi connectivity index (χ0) is 16.1. The largest absolute Gasteiger partial charge is 0.481 e. The minimum atomic E-state index is -3.25. The van der Waals surface area contributed by atoms with Crippen molar-refractivity contribution in [2.75, 3.05) is 32.4 Å². The van der Waals surface area contributed by atoms with E-state index in [1.54, 1.807) is 4.90 Å². The van der Waals surface area contributed by atoms with E-state index in [0.29, 0.717) is 25.9 Å². The number of ether oxygens (including phenoxy) is 1. The SMILES string of the molecule is CS(=O)(=O)N1CCN(C(=O)[C@H]2[C@H](C(=O)O)[C@H]3CC[C@H]2O3)CC1. The van der Waals surface area contributed by atoms with Gasteiger partial charge in [0.05, 0.1) is 30.3 Å². The van der Waals surface area contributed by atoms with E-state index in [0.717, 1.165) is 6.26 Å². The van der Waals surface area contributed by atoms with E-state index in [2.05, 4.69) is 0 Å². The Bertz CT molecular complexity index is 583. The second-order valence-corrected chi connectivity index (χ2v) is 8.15. The van der Waals surface area contributed by atoms with Gasteiger partial charge in [-0.25, -0.2) is 8.42 Å². The molecular formula is C13H20N2O6S. The van der Waals surface area contributed by atoms with Crippen LogP contribution >= 0.6 is 0 Å². The van der Waals surface area contributed by atoms with Crippen molar-refractivity contribution in [1.29, 1.82) is 0 Å². The number of carbonyl (C=O) groups is 2. The molecular weight excluding hydrogens is 312 g/mol. The van der Waals surface area contributed by atoms with Crippen LogP contribution in [0.1, 0.15) is 12.8 Å². The van der Waals surface area contributed by atoms with E-state index >= 15 is 0 Å². The van der Waals surface area contributed by atoms with Crippen LogP contribution in [0.25, 0.3) is 0 Å². The van der Waals surface area contributed by atoms with Crippen LogP contribution in [-0.4, -0.2) is 79.2 Å². The summed E-state index contributed by atoms with van der Waals surface area (Å²) < 4.78 is 29.9. The lowest BCUT2D eigenvalue weighted by atomic mass is 9.78. The Morgan fingerprint density at radius 1 is 1.05 bits per heavy atom. The third kappa shape index (κ3) is 2.61. The van der Waals surface area contributed by atoms with E-state index in [-0.39, 0.29) is 31.2 Å². The molecule has 3 aliphatic rings. The number of sulfonamides is 1. The van der Waals surface area contributed by atoms with Gasteiger partial charge >= 0.3 is 5.97 Å². The first-order chi connectivity index (χ1) is 10.3. The second-order valence-electron chi connectivity index (χ2n) is 6.17. The van der Waals surface area contributed by atoms with E-state index in [1.165, 1.54) is 4.31 Å². The van der Waals surface area contributed by atoms with Crippen molar-refractivity contribution >= 4 is 21.9 Å². The fourth-order valence-electron chi connectivity index (χ4n) is 3.76. The molecule has 0 aromatic heterocycles. The van der Waals surface area contributed by atoms with E-state index in [1.807, 2.05) is 0 Å². The topological polar surface area (TPSA) is 104 Å². The molecule has 3 aliphatic heterocycles. The summed E-state index contributed by atoms with van der Waals surface area (Å²) in [7, 11) is -3.25. The van der Waals surface area contributed by atoms with Gasteiger partial charge in [-0.2, -0.15) is 4.31 Å². The Kier molecular flexibility index (Phi) is 3.90. The standard InChI is InChI=1S/C13H20N2O6S/c1-22(19,20)15-6-4-14(5-7-15)12(16)10-8-2-3-9(21-8)11(10)13(17)18/h8-11H,2-7H2,1H3,(H,17,18)/t8-,9-,10-,11-/m1/s1. The quantitative estimate of drug-likeness (QED) is 0.708. The Morgan fingerprint density at radius 2 is 1.59 bits per heavy atom. The molecule has 0 unspecified atom stereocenters. The molecule has 1 N–H and O–H groups in total. The van der Waals surface area contributed by atoms with E-state index in [4.69, 9.17) is 4.74 Å². The summed E-state index contributed by atoms with van der Waals surface area (Å²) in [5, 5.41) is 9.36. The van der Waals surface area contributed by atoms with E-state index in [9.17, 15) is 23.1 Å². The predicted octanol–water partition coefficient (Wildman–Crippen LogP) is -1.03. The van der Waals surface area contributed by atoms with Gasteiger partial charge in [-0.3, -0.25) is 9.59 Å². The third-order valence-corrected chi connectivity index (χ3v) is 6.17. The van der Waals surface area contributed by atoms with Gasteiger partial charge in [0.1, 0.15) is 0 Å². The van der Waals surface area contributed by atoms with Gasteiger partial charge in [0.25, 0.3) is 0 Å². The Labute approximate surface area is 129 Å². The molecule has 22 heavy (non-hydrogen) atoms. The van der Waals surface area contributed by atoms with Crippen molar-refractivity contribution in [2.24, 2.45) is 11.8 Å². The monoisotopic (exact) mass is 332 g/mol. The molecule has 0 spiro atoms. The first-order valence-corrected chi connectivity index (χ1v) is 9.26. The third-order valence-electron chi connectivity index (χ3n) is 4.86. The molecule has 0 saturated carbocycles.